The second-order valence-corrected chi connectivity index (χ2v) is 11.6. The zero-order chi connectivity index (χ0) is 28.1. The van der Waals surface area contributed by atoms with E-state index in [1.807, 2.05) is 0 Å². The first-order chi connectivity index (χ1) is 19.5. The molecule has 2 aromatic rings. The lowest BCUT2D eigenvalue weighted by Gasteiger charge is -2.41. The molecule has 0 unspecified atom stereocenters. The molecule has 5 rings (SSSR count). The average molecular weight is 543 g/mol. The first kappa shape index (κ1) is 28.1. The molecule has 0 radical (unpaired) electrons. The first-order valence-electron chi connectivity index (χ1n) is 14.8. The van der Waals surface area contributed by atoms with E-state index in [0.29, 0.717) is 44.2 Å². The molecule has 8 heteroatoms. The summed E-state index contributed by atoms with van der Waals surface area (Å²) in [7, 11) is 2.14. The fraction of sp³-hybridized carbons (Fsp3) is 0.562. The molecule has 1 aliphatic carbocycles. The molecule has 1 aromatic heterocycles. The molecule has 8 nitrogen and oxygen atoms in total. The number of anilines is 1. The number of rotatable bonds is 9. The maximum atomic E-state index is 12.5. The van der Waals surface area contributed by atoms with Crippen molar-refractivity contribution in [3.8, 4) is 12.1 Å². The van der Waals surface area contributed by atoms with Crippen molar-refractivity contribution in [2.45, 2.75) is 70.4 Å². The Morgan fingerprint density at radius 3 is 2.75 bits per heavy atom. The first-order valence-corrected chi connectivity index (χ1v) is 14.8. The Labute approximate surface area is 238 Å². The van der Waals surface area contributed by atoms with Crippen LogP contribution in [0.5, 0.6) is 6.01 Å². The molecular formula is C32H42N6O2. The summed E-state index contributed by atoms with van der Waals surface area (Å²) in [4.78, 5) is 28.7. The van der Waals surface area contributed by atoms with E-state index in [4.69, 9.17) is 14.7 Å². The van der Waals surface area contributed by atoms with E-state index in [9.17, 15) is 10.1 Å². The Balaban J connectivity index is 1.37. The Morgan fingerprint density at radius 1 is 1.18 bits per heavy atom. The summed E-state index contributed by atoms with van der Waals surface area (Å²) in [6, 6.07) is 11.7. The third kappa shape index (κ3) is 6.31. The molecule has 0 saturated carbocycles. The summed E-state index contributed by atoms with van der Waals surface area (Å²) in [6.07, 6.45) is 9.37. The van der Waals surface area contributed by atoms with Gasteiger partial charge >= 0.3 is 6.01 Å². The maximum absolute atomic E-state index is 12.5. The third-order valence-electron chi connectivity index (χ3n) is 9.07. The standard InChI is InChI=1S/C32H42N6O2/c1-4-30(39)38-19-18-37(21-27(38)15-16-33)31-29(14-12-24-11-13-25-8-5-6-9-26(25)20-24)23(2)34-32(35-31)40-22-28-10-7-17-36(28)3/h4-6,8-9,24,27-28H,1,7,10-15,17-22H2,2-3H3/t24-,27+,28+/m1/s1. The van der Waals surface area contributed by atoms with Crippen LogP contribution in [0.4, 0.5) is 5.82 Å². The highest BCUT2D eigenvalue weighted by atomic mass is 16.5. The molecule has 3 heterocycles. The monoisotopic (exact) mass is 542 g/mol. The molecule has 40 heavy (non-hydrogen) atoms. The number of nitrogens with zero attached hydrogens (tertiary/aromatic N) is 6. The van der Waals surface area contributed by atoms with E-state index in [0.717, 1.165) is 55.7 Å². The molecule has 0 N–H and O–H groups in total. The molecular weight excluding hydrogens is 500 g/mol. The van der Waals surface area contributed by atoms with Crippen molar-refractivity contribution in [1.82, 2.24) is 19.8 Å². The number of carbonyl (C=O) groups excluding carboxylic acids is 1. The van der Waals surface area contributed by atoms with Crippen LogP contribution in [0.25, 0.3) is 0 Å². The minimum atomic E-state index is -0.210. The second kappa shape index (κ2) is 12.8. The molecule has 1 amide bonds. The molecule has 0 spiro atoms. The molecule has 2 aliphatic heterocycles. The highest BCUT2D eigenvalue weighted by Crippen LogP contribution is 2.32. The van der Waals surface area contributed by atoms with Gasteiger partial charge in [-0.25, -0.2) is 4.98 Å². The normalized spacial score (nSPS) is 23.0. The lowest BCUT2D eigenvalue weighted by atomic mass is 9.81. The van der Waals surface area contributed by atoms with Crippen molar-refractivity contribution in [2.75, 3.05) is 44.7 Å². The van der Waals surface area contributed by atoms with Crippen LogP contribution in [-0.4, -0.2) is 77.6 Å². The summed E-state index contributed by atoms with van der Waals surface area (Å²) in [5.41, 5.74) is 5.08. The van der Waals surface area contributed by atoms with Crippen LogP contribution in [0.2, 0.25) is 0 Å². The second-order valence-electron chi connectivity index (χ2n) is 11.6. The topological polar surface area (TPSA) is 85.6 Å². The van der Waals surface area contributed by atoms with E-state index in [1.54, 1.807) is 4.90 Å². The molecule has 3 aliphatic rings. The van der Waals surface area contributed by atoms with Gasteiger partial charge in [-0.1, -0.05) is 30.8 Å². The number of hydrogen-bond acceptors (Lipinski definition) is 7. The van der Waals surface area contributed by atoms with Gasteiger partial charge in [0.15, 0.2) is 0 Å². The zero-order valence-electron chi connectivity index (χ0n) is 24.0. The van der Waals surface area contributed by atoms with Crippen molar-refractivity contribution in [3.63, 3.8) is 0 Å². The summed E-state index contributed by atoms with van der Waals surface area (Å²) < 4.78 is 6.19. The Kier molecular flexibility index (Phi) is 9.01. The van der Waals surface area contributed by atoms with Crippen LogP contribution in [0.3, 0.4) is 0 Å². The number of fused-ring (bicyclic) bond motifs is 1. The van der Waals surface area contributed by atoms with Gasteiger partial charge in [-0.3, -0.25) is 4.79 Å². The number of likely N-dealkylation sites (tertiary alicyclic amines) is 1. The Bertz CT molecular complexity index is 1260. The van der Waals surface area contributed by atoms with Crippen molar-refractivity contribution in [3.05, 3.63) is 59.3 Å². The van der Waals surface area contributed by atoms with Crippen LogP contribution in [0, 0.1) is 24.2 Å². The van der Waals surface area contributed by atoms with Gasteiger partial charge in [-0.2, -0.15) is 10.2 Å². The summed E-state index contributed by atoms with van der Waals surface area (Å²) in [5.74, 6) is 1.40. The van der Waals surface area contributed by atoms with E-state index < -0.39 is 0 Å². The van der Waals surface area contributed by atoms with Gasteiger partial charge in [-0.05, 0) is 88.6 Å². The molecule has 0 bridgehead atoms. The number of ether oxygens (including phenoxy) is 1. The maximum Gasteiger partial charge on any atom is 0.318 e. The van der Waals surface area contributed by atoms with Crippen LogP contribution < -0.4 is 9.64 Å². The number of aryl methyl sites for hydroxylation is 2. The SMILES string of the molecule is C=CC(=O)N1CCN(c2nc(OC[C@@H]3CCCN3C)nc(C)c2CC[C@H]2CCc3ccccc3C2)C[C@@H]1CC#N. The van der Waals surface area contributed by atoms with Gasteiger partial charge in [-0.15, -0.1) is 0 Å². The summed E-state index contributed by atoms with van der Waals surface area (Å²) in [5, 5.41) is 9.50. The van der Waals surface area contributed by atoms with E-state index in [2.05, 4.69) is 60.7 Å². The van der Waals surface area contributed by atoms with Crippen molar-refractivity contribution < 1.29 is 9.53 Å². The van der Waals surface area contributed by atoms with Crippen molar-refractivity contribution in [1.29, 1.82) is 5.26 Å². The predicted molar refractivity (Wildman–Crippen MR) is 156 cm³/mol. The Morgan fingerprint density at radius 2 is 2.00 bits per heavy atom. The smallest absolute Gasteiger partial charge is 0.318 e. The highest BCUT2D eigenvalue weighted by Gasteiger charge is 2.32. The number of nitriles is 1. The summed E-state index contributed by atoms with van der Waals surface area (Å²) in [6.45, 7) is 9.13. The number of piperazine rings is 1. The fourth-order valence-corrected chi connectivity index (χ4v) is 6.64. The number of hydrogen-bond donors (Lipinski definition) is 0. The van der Waals surface area contributed by atoms with Gasteiger partial charge in [0.05, 0.1) is 18.5 Å². The van der Waals surface area contributed by atoms with Gasteiger partial charge in [0.1, 0.15) is 12.4 Å². The third-order valence-corrected chi connectivity index (χ3v) is 9.07. The number of likely N-dealkylation sites (N-methyl/N-ethyl adjacent to an activating group) is 1. The predicted octanol–water partition coefficient (Wildman–Crippen LogP) is 4.11. The van der Waals surface area contributed by atoms with Gasteiger partial charge in [0.2, 0.25) is 5.91 Å². The van der Waals surface area contributed by atoms with E-state index in [1.165, 1.54) is 30.0 Å². The lowest BCUT2D eigenvalue weighted by molar-refractivity contribution is -0.128. The minimum absolute atomic E-state index is 0.124. The molecule has 3 atom stereocenters. The number of benzene rings is 1. The van der Waals surface area contributed by atoms with Crippen LogP contribution in [0.1, 0.15) is 54.5 Å². The average Bonchev–Trinajstić information content (AvgIpc) is 3.39. The van der Waals surface area contributed by atoms with Gasteiger partial charge < -0.3 is 19.4 Å². The molecule has 212 valence electrons. The minimum Gasteiger partial charge on any atom is -0.462 e. The van der Waals surface area contributed by atoms with E-state index in [-0.39, 0.29) is 18.4 Å². The largest absolute Gasteiger partial charge is 0.462 e. The quantitative estimate of drug-likeness (QED) is 0.441. The highest BCUT2D eigenvalue weighted by molar-refractivity contribution is 5.87. The summed E-state index contributed by atoms with van der Waals surface area (Å²) >= 11 is 0. The van der Waals surface area contributed by atoms with Gasteiger partial charge in [0.25, 0.3) is 0 Å². The molecule has 1 aromatic carbocycles. The van der Waals surface area contributed by atoms with Crippen LogP contribution in [-0.2, 0) is 24.1 Å². The van der Waals surface area contributed by atoms with Crippen LogP contribution >= 0.6 is 0 Å². The molecule has 2 saturated heterocycles. The number of carbonyl (C=O) groups is 1. The molecule has 2 fully saturated rings. The van der Waals surface area contributed by atoms with E-state index >= 15 is 0 Å². The Hall–Kier alpha value is -3.44. The fourth-order valence-electron chi connectivity index (χ4n) is 6.64. The lowest BCUT2D eigenvalue weighted by Crippen LogP contribution is -2.55. The van der Waals surface area contributed by atoms with Crippen molar-refractivity contribution in [2.24, 2.45) is 5.92 Å². The van der Waals surface area contributed by atoms with Gasteiger partial charge in [0, 0.05) is 36.9 Å². The number of amides is 1. The van der Waals surface area contributed by atoms with Crippen molar-refractivity contribution >= 4 is 11.7 Å². The van der Waals surface area contributed by atoms with Crippen LogP contribution in [0.15, 0.2) is 36.9 Å². The number of aromatic nitrogens is 2. The zero-order valence-corrected chi connectivity index (χ0v) is 24.0.